The Kier molecular flexibility index (Phi) is 2.60. The maximum absolute atomic E-state index is 4.36. The van der Waals surface area contributed by atoms with E-state index in [4.69, 9.17) is 0 Å². The van der Waals surface area contributed by atoms with Crippen LogP contribution in [0.5, 0.6) is 0 Å². The lowest BCUT2D eigenvalue weighted by Crippen LogP contribution is -2.15. The zero-order valence-corrected chi connectivity index (χ0v) is 10.9. The average molecular weight is 258 g/mol. The van der Waals surface area contributed by atoms with Gasteiger partial charge in [0.2, 0.25) is 0 Å². The summed E-state index contributed by atoms with van der Waals surface area (Å²) in [6.45, 7) is 0. The molecule has 0 aromatic carbocycles. The molecule has 0 radical (unpaired) electrons. The maximum Gasteiger partial charge on any atom is 0.200 e. The molecule has 1 N–H and O–H groups in total. The van der Waals surface area contributed by atoms with Crippen LogP contribution in [-0.4, -0.2) is 31.3 Å². The third-order valence-corrected chi connectivity index (χ3v) is 4.50. The SMILES string of the molecule is c1cc2nnnn2nc1N[C@H]1C[C@@H]1C1CCCCC1. The van der Waals surface area contributed by atoms with Crippen LogP contribution in [0.2, 0.25) is 0 Å². The minimum absolute atomic E-state index is 0.601. The molecule has 100 valence electrons. The lowest BCUT2D eigenvalue weighted by molar-refractivity contribution is 0.320. The van der Waals surface area contributed by atoms with E-state index < -0.39 is 0 Å². The minimum Gasteiger partial charge on any atom is -0.366 e. The van der Waals surface area contributed by atoms with Crippen molar-refractivity contribution in [1.82, 2.24) is 25.3 Å². The van der Waals surface area contributed by atoms with Gasteiger partial charge < -0.3 is 5.32 Å². The van der Waals surface area contributed by atoms with Crippen molar-refractivity contribution in [3.05, 3.63) is 12.1 Å². The van der Waals surface area contributed by atoms with Crippen molar-refractivity contribution in [3.8, 4) is 0 Å². The Morgan fingerprint density at radius 3 is 2.95 bits per heavy atom. The summed E-state index contributed by atoms with van der Waals surface area (Å²) in [5.41, 5.74) is 0.685. The summed E-state index contributed by atoms with van der Waals surface area (Å²) in [4.78, 5) is 0. The molecule has 2 aromatic heterocycles. The Morgan fingerprint density at radius 1 is 1.16 bits per heavy atom. The fourth-order valence-corrected chi connectivity index (χ4v) is 3.38. The van der Waals surface area contributed by atoms with Gasteiger partial charge in [0.15, 0.2) is 5.65 Å². The molecule has 2 atom stereocenters. The molecule has 0 aliphatic heterocycles. The van der Waals surface area contributed by atoms with Crippen LogP contribution >= 0.6 is 0 Å². The molecule has 2 heterocycles. The molecule has 0 saturated heterocycles. The lowest BCUT2D eigenvalue weighted by Gasteiger charge is -2.21. The number of anilines is 1. The zero-order chi connectivity index (χ0) is 12.7. The summed E-state index contributed by atoms with van der Waals surface area (Å²) in [7, 11) is 0. The molecule has 0 spiro atoms. The van der Waals surface area contributed by atoms with Gasteiger partial charge in [0.25, 0.3) is 0 Å². The maximum atomic E-state index is 4.36. The van der Waals surface area contributed by atoms with Crippen molar-refractivity contribution in [2.45, 2.75) is 44.6 Å². The highest BCUT2D eigenvalue weighted by atomic mass is 15.6. The second kappa shape index (κ2) is 4.43. The number of aromatic nitrogens is 5. The first-order valence-electron chi connectivity index (χ1n) is 7.22. The van der Waals surface area contributed by atoms with Crippen LogP contribution in [0.25, 0.3) is 5.65 Å². The highest BCUT2D eigenvalue weighted by Gasteiger charge is 2.43. The first-order valence-corrected chi connectivity index (χ1v) is 7.22. The Bertz CT molecular complexity index is 573. The third-order valence-electron chi connectivity index (χ3n) is 4.50. The number of hydrogen-bond acceptors (Lipinski definition) is 5. The molecule has 6 heteroatoms. The van der Waals surface area contributed by atoms with Gasteiger partial charge in [-0.3, -0.25) is 0 Å². The molecule has 2 aliphatic carbocycles. The largest absolute Gasteiger partial charge is 0.366 e. The molecule has 2 fully saturated rings. The predicted molar refractivity (Wildman–Crippen MR) is 70.7 cm³/mol. The van der Waals surface area contributed by atoms with Gasteiger partial charge in [-0.25, -0.2) is 0 Å². The van der Waals surface area contributed by atoms with E-state index in [-0.39, 0.29) is 0 Å². The second-order valence-corrected chi connectivity index (χ2v) is 5.79. The second-order valence-electron chi connectivity index (χ2n) is 5.79. The van der Waals surface area contributed by atoms with E-state index >= 15 is 0 Å². The number of nitrogens with one attached hydrogen (secondary N) is 1. The van der Waals surface area contributed by atoms with Crippen molar-refractivity contribution in [3.63, 3.8) is 0 Å². The molecule has 2 aliphatic rings. The topological polar surface area (TPSA) is 68.0 Å². The number of fused-ring (bicyclic) bond motifs is 1. The fourth-order valence-electron chi connectivity index (χ4n) is 3.38. The molecular formula is C13H18N6. The Balaban J connectivity index is 1.42. The van der Waals surface area contributed by atoms with Crippen LogP contribution in [0, 0.1) is 11.8 Å². The highest BCUT2D eigenvalue weighted by Crippen LogP contribution is 2.45. The van der Waals surface area contributed by atoms with Crippen LogP contribution in [-0.2, 0) is 0 Å². The summed E-state index contributed by atoms with van der Waals surface area (Å²) in [6, 6.07) is 4.46. The molecule has 4 rings (SSSR count). The van der Waals surface area contributed by atoms with Crippen molar-refractivity contribution >= 4 is 11.5 Å². The van der Waals surface area contributed by atoms with E-state index in [0.717, 1.165) is 17.7 Å². The molecule has 0 bridgehead atoms. The fraction of sp³-hybridized carbons (Fsp3) is 0.692. The molecule has 2 aromatic rings. The minimum atomic E-state index is 0.601. The smallest absolute Gasteiger partial charge is 0.200 e. The Morgan fingerprint density at radius 2 is 2.05 bits per heavy atom. The van der Waals surface area contributed by atoms with Gasteiger partial charge in [-0.05, 0) is 40.8 Å². The summed E-state index contributed by atoms with van der Waals surface area (Å²) in [6.07, 6.45) is 8.40. The molecule has 2 saturated carbocycles. The van der Waals surface area contributed by atoms with Crippen LogP contribution in [0.4, 0.5) is 5.82 Å². The first kappa shape index (κ1) is 11.1. The third kappa shape index (κ3) is 2.15. The quantitative estimate of drug-likeness (QED) is 0.910. The van der Waals surface area contributed by atoms with E-state index in [2.05, 4.69) is 25.9 Å². The van der Waals surface area contributed by atoms with Crippen LogP contribution in [0.1, 0.15) is 38.5 Å². The number of hydrogen-bond donors (Lipinski definition) is 1. The summed E-state index contributed by atoms with van der Waals surface area (Å²) >= 11 is 0. The molecule has 0 unspecified atom stereocenters. The Hall–Kier alpha value is -1.72. The predicted octanol–water partition coefficient (Wildman–Crippen LogP) is 1.90. The van der Waals surface area contributed by atoms with Crippen molar-refractivity contribution in [1.29, 1.82) is 0 Å². The van der Waals surface area contributed by atoms with Crippen LogP contribution in [0.3, 0.4) is 0 Å². The van der Waals surface area contributed by atoms with E-state index in [1.54, 1.807) is 0 Å². The van der Waals surface area contributed by atoms with E-state index in [1.807, 2.05) is 12.1 Å². The highest BCUT2D eigenvalue weighted by molar-refractivity contribution is 5.43. The number of tetrazole rings is 1. The number of rotatable bonds is 3. The van der Waals surface area contributed by atoms with E-state index in [1.165, 1.54) is 43.2 Å². The summed E-state index contributed by atoms with van der Waals surface area (Å²) < 4.78 is 1.47. The van der Waals surface area contributed by atoms with E-state index in [0.29, 0.717) is 11.7 Å². The van der Waals surface area contributed by atoms with Crippen molar-refractivity contribution in [2.24, 2.45) is 11.8 Å². The van der Waals surface area contributed by atoms with Crippen LogP contribution < -0.4 is 5.32 Å². The van der Waals surface area contributed by atoms with Gasteiger partial charge in [0.1, 0.15) is 5.82 Å². The van der Waals surface area contributed by atoms with Gasteiger partial charge in [-0.15, -0.1) is 14.8 Å². The lowest BCUT2D eigenvalue weighted by atomic mass is 9.85. The normalized spacial score (nSPS) is 27.6. The first-order chi connectivity index (χ1) is 9.40. The summed E-state index contributed by atoms with van der Waals surface area (Å²) in [5.74, 6) is 2.66. The van der Waals surface area contributed by atoms with Gasteiger partial charge in [0, 0.05) is 6.04 Å². The zero-order valence-electron chi connectivity index (χ0n) is 10.9. The molecule has 6 nitrogen and oxygen atoms in total. The molecule has 19 heavy (non-hydrogen) atoms. The monoisotopic (exact) mass is 258 g/mol. The average Bonchev–Trinajstić information content (AvgIpc) is 3.06. The van der Waals surface area contributed by atoms with Gasteiger partial charge >= 0.3 is 0 Å². The van der Waals surface area contributed by atoms with Crippen molar-refractivity contribution in [2.75, 3.05) is 5.32 Å². The van der Waals surface area contributed by atoms with Crippen LogP contribution in [0.15, 0.2) is 12.1 Å². The van der Waals surface area contributed by atoms with Gasteiger partial charge in [-0.2, -0.15) is 0 Å². The van der Waals surface area contributed by atoms with Crippen molar-refractivity contribution < 1.29 is 0 Å². The standard InChI is InChI=1S/C13H18N6/c1-2-4-9(5-3-1)10-8-11(10)14-12-6-7-13-15-17-18-19(13)16-12/h6-7,9-11H,1-5,8H2,(H,14,16)/t10-,11+/m1/s1. The summed E-state index contributed by atoms with van der Waals surface area (Å²) in [5, 5.41) is 19.2. The number of nitrogens with zero attached hydrogens (tertiary/aromatic N) is 5. The van der Waals surface area contributed by atoms with E-state index in [9.17, 15) is 0 Å². The van der Waals surface area contributed by atoms with Gasteiger partial charge in [-0.1, -0.05) is 32.1 Å². The van der Waals surface area contributed by atoms with Gasteiger partial charge in [0.05, 0.1) is 0 Å². The Labute approximate surface area is 111 Å². The molecular weight excluding hydrogens is 240 g/mol. The molecule has 0 amide bonds.